The Balaban J connectivity index is 1.69. The third-order valence-corrected chi connectivity index (χ3v) is 7.51. The van der Waals surface area contributed by atoms with Crippen LogP contribution in [0.15, 0.2) is 29.4 Å². The quantitative estimate of drug-likeness (QED) is 0.524. The first kappa shape index (κ1) is 25.9. The van der Waals surface area contributed by atoms with E-state index < -0.39 is 17.6 Å². The van der Waals surface area contributed by atoms with E-state index in [1.54, 1.807) is 0 Å². The van der Waals surface area contributed by atoms with Gasteiger partial charge in [0.15, 0.2) is 4.80 Å². The van der Waals surface area contributed by atoms with Gasteiger partial charge < -0.3 is 18.8 Å². The largest absolute Gasteiger partial charge is 0.490 e. The van der Waals surface area contributed by atoms with E-state index in [0.29, 0.717) is 24.6 Å². The summed E-state index contributed by atoms with van der Waals surface area (Å²) in [5.74, 6) is -0.706. The van der Waals surface area contributed by atoms with Crippen molar-refractivity contribution in [3.8, 4) is 5.75 Å². The molecule has 0 N–H and O–H groups in total. The molecule has 0 saturated carbocycles. The summed E-state index contributed by atoms with van der Waals surface area (Å²) in [4.78, 5) is 19.0. The number of alkyl halides is 3. The summed E-state index contributed by atoms with van der Waals surface area (Å²) < 4.78 is 59.2. The van der Waals surface area contributed by atoms with Crippen molar-refractivity contribution in [2.75, 3.05) is 19.8 Å². The number of ether oxygens (including phenoxy) is 3. The van der Waals surface area contributed by atoms with Gasteiger partial charge in [-0.1, -0.05) is 20.8 Å². The van der Waals surface area contributed by atoms with E-state index in [1.165, 1.54) is 17.4 Å². The zero-order valence-electron chi connectivity index (χ0n) is 20.2. The molecule has 0 radical (unpaired) electrons. The lowest BCUT2D eigenvalue weighted by Gasteiger charge is -2.15. The summed E-state index contributed by atoms with van der Waals surface area (Å²) in [6.07, 6.45) is 0.842. The van der Waals surface area contributed by atoms with E-state index in [9.17, 15) is 18.0 Å². The molecule has 35 heavy (non-hydrogen) atoms. The molecule has 10 heteroatoms. The van der Waals surface area contributed by atoms with E-state index in [1.807, 2.05) is 10.8 Å². The molecule has 1 aromatic carbocycles. The highest BCUT2D eigenvalue weighted by Crippen LogP contribution is 2.33. The SMILES string of the molecule is CC(C)(C)c1cn(C[C@H]2CCCO2)c(=NC(=O)c2cc(C(F)(F)F)ccc2OC[C@@H]2CCCO2)s1. The first-order valence-electron chi connectivity index (χ1n) is 11.9. The second kappa shape index (κ2) is 10.4. The summed E-state index contributed by atoms with van der Waals surface area (Å²) >= 11 is 1.36. The van der Waals surface area contributed by atoms with Crippen molar-refractivity contribution in [1.82, 2.24) is 4.57 Å². The van der Waals surface area contributed by atoms with Gasteiger partial charge in [-0.05, 0) is 49.3 Å². The topological polar surface area (TPSA) is 62.1 Å². The van der Waals surface area contributed by atoms with E-state index in [2.05, 4.69) is 25.8 Å². The Labute approximate surface area is 206 Å². The van der Waals surface area contributed by atoms with Gasteiger partial charge >= 0.3 is 6.18 Å². The fraction of sp³-hybridized carbons (Fsp3) is 0.600. The number of rotatable bonds is 6. The second-order valence-corrected chi connectivity index (χ2v) is 11.0. The van der Waals surface area contributed by atoms with Crippen molar-refractivity contribution in [2.24, 2.45) is 4.99 Å². The van der Waals surface area contributed by atoms with Gasteiger partial charge in [-0.15, -0.1) is 11.3 Å². The lowest BCUT2D eigenvalue weighted by Crippen LogP contribution is -2.24. The molecule has 4 rings (SSSR count). The van der Waals surface area contributed by atoms with Gasteiger partial charge in [-0.2, -0.15) is 18.2 Å². The Morgan fingerprint density at radius 2 is 1.83 bits per heavy atom. The maximum atomic E-state index is 13.4. The van der Waals surface area contributed by atoms with Crippen molar-refractivity contribution in [1.29, 1.82) is 0 Å². The Morgan fingerprint density at radius 1 is 1.14 bits per heavy atom. The van der Waals surface area contributed by atoms with Gasteiger partial charge in [0.2, 0.25) is 0 Å². The molecule has 2 atom stereocenters. The van der Waals surface area contributed by atoms with Gasteiger partial charge in [0, 0.05) is 24.3 Å². The molecule has 0 unspecified atom stereocenters. The minimum atomic E-state index is -4.59. The van der Waals surface area contributed by atoms with Gasteiger partial charge in [-0.3, -0.25) is 4.79 Å². The Hall–Kier alpha value is -2.17. The molecule has 192 valence electrons. The molecule has 2 aliphatic heterocycles. The number of nitrogens with zero attached hydrogens (tertiary/aromatic N) is 2. The van der Waals surface area contributed by atoms with Crippen molar-refractivity contribution in [3.63, 3.8) is 0 Å². The number of halogens is 3. The summed E-state index contributed by atoms with van der Waals surface area (Å²) in [7, 11) is 0. The third kappa shape index (κ3) is 6.54. The molecule has 0 bridgehead atoms. The van der Waals surface area contributed by atoms with Gasteiger partial charge in [0.05, 0.1) is 29.9 Å². The minimum absolute atomic E-state index is 0.0188. The number of carbonyl (C=O) groups is 1. The Bertz CT molecular complexity index is 1110. The summed E-state index contributed by atoms with van der Waals surface area (Å²) in [5.41, 5.74) is -1.31. The van der Waals surface area contributed by atoms with Crippen LogP contribution < -0.4 is 9.54 Å². The molecule has 2 saturated heterocycles. The summed E-state index contributed by atoms with van der Waals surface area (Å²) in [6.45, 7) is 8.20. The first-order valence-corrected chi connectivity index (χ1v) is 12.7. The molecule has 0 spiro atoms. The maximum Gasteiger partial charge on any atom is 0.416 e. The molecule has 0 aliphatic carbocycles. The molecule has 1 amide bonds. The van der Waals surface area contributed by atoms with Crippen LogP contribution in [0.4, 0.5) is 13.2 Å². The van der Waals surface area contributed by atoms with Crippen LogP contribution >= 0.6 is 11.3 Å². The third-order valence-electron chi connectivity index (χ3n) is 6.07. The molecule has 2 fully saturated rings. The van der Waals surface area contributed by atoms with E-state index in [4.69, 9.17) is 14.2 Å². The Morgan fingerprint density at radius 3 is 2.43 bits per heavy atom. The zero-order valence-corrected chi connectivity index (χ0v) is 21.0. The van der Waals surface area contributed by atoms with Crippen LogP contribution in [0, 0.1) is 0 Å². The zero-order chi connectivity index (χ0) is 25.2. The number of benzene rings is 1. The Kier molecular flexibility index (Phi) is 7.73. The fourth-order valence-electron chi connectivity index (χ4n) is 4.06. The highest BCUT2D eigenvalue weighted by Gasteiger charge is 2.32. The molecule has 2 aromatic rings. The standard InChI is InChI=1S/C25H31F3N2O4S/c1-24(2,3)21-14-30(13-17-6-4-10-32-17)23(35-21)29-22(31)19-12-16(25(26,27)28)8-9-20(19)34-15-18-7-5-11-33-18/h8-9,12,14,17-18H,4-7,10-11,13,15H2,1-3H3/t17-,18+/m1/s1. The van der Waals surface area contributed by atoms with Crippen molar-refractivity contribution < 1.29 is 32.2 Å². The van der Waals surface area contributed by atoms with Gasteiger partial charge in [-0.25, -0.2) is 0 Å². The highest BCUT2D eigenvalue weighted by atomic mass is 32.1. The molecule has 6 nitrogen and oxygen atoms in total. The van der Waals surface area contributed by atoms with Gasteiger partial charge in [0.25, 0.3) is 5.91 Å². The first-order chi connectivity index (χ1) is 16.5. The van der Waals surface area contributed by atoms with E-state index in [-0.39, 0.29) is 35.5 Å². The predicted octanol–water partition coefficient (Wildman–Crippen LogP) is 5.34. The fourth-order valence-corrected chi connectivity index (χ4v) is 5.11. The van der Waals surface area contributed by atoms with Gasteiger partial charge in [0.1, 0.15) is 12.4 Å². The summed E-state index contributed by atoms with van der Waals surface area (Å²) in [5, 5.41) is 0. The molecular weight excluding hydrogens is 481 g/mol. The second-order valence-electron chi connectivity index (χ2n) is 9.99. The van der Waals surface area contributed by atoms with Crippen molar-refractivity contribution >= 4 is 17.2 Å². The minimum Gasteiger partial charge on any atom is -0.490 e. The maximum absolute atomic E-state index is 13.4. The molecule has 1 aromatic heterocycles. The lowest BCUT2D eigenvalue weighted by molar-refractivity contribution is -0.137. The average Bonchev–Trinajstić information content (AvgIpc) is 3.54. The van der Waals surface area contributed by atoms with Crippen molar-refractivity contribution in [2.45, 2.75) is 76.8 Å². The lowest BCUT2D eigenvalue weighted by atomic mass is 9.95. The predicted molar refractivity (Wildman–Crippen MR) is 126 cm³/mol. The van der Waals surface area contributed by atoms with Crippen LogP contribution in [-0.4, -0.2) is 42.5 Å². The smallest absolute Gasteiger partial charge is 0.416 e. The number of thiazole rings is 1. The number of amides is 1. The molecular formula is C25H31F3N2O4S. The van der Waals surface area contributed by atoms with E-state index >= 15 is 0 Å². The highest BCUT2D eigenvalue weighted by molar-refractivity contribution is 7.09. The monoisotopic (exact) mass is 512 g/mol. The van der Waals surface area contributed by atoms with Crippen molar-refractivity contribution in [3.05, 3.63) is 45.2 Å². The molecule has 2 aliphatic rings. The molecule has 3 heterocycles. The number of carbonyl (C=O) groups excluding carboxylic acids is 1. The van der Waals surface area contributed by atoms with Crippen LogP contribution in [0.25, 0.3) is 0 Å². The normalized spacial score (nSPS) is 21.6. The average molecular weight is 513 g/mol. The van der Waals surface area contributed by atoms with E-state index in [0.717, 1.165) is 42.7 Å². The van der Waals surface area contributed by atoms with Crippen LogP contribution in [-0.2, 0) is 27.6 Å². The summed E-state index contributed by atoms with van der Waals surface area (Å²) in [6, 6.07) is 2.93. The number of aromatic nitrogens is 1. The van der Waals surface area contributed by atoms with Crippen LogP contribution in [0.2, 0.25) is 0 Å². The number of hydrogen-bond acceptors (Lipinski definition) is 5. The van der Waals surface area contributed by atoms with Crippen LogP contribution in [0.1, 0.15) is 67.3 Å². The van der Waals surface area contributed by atoms with Crippen LogP contribution in [0.5, 0.6) is 5.75 Å². The van der Waals surface area contributed by atoms with Crippen LogP contribution in [0.3, 0.4) is 0 Å². The number of hydrogen-bond donors (Lipinski definition) is 0.